The number of nitro benzene ring substituents is 1. The summed E-state index contributed by atoms with van der Waals surface area (Å²) in [6, 6.07) is 3.59. The molecule has 2 rings (SSSR count). The lowest BCUT2D eigenvalue weighted by atomic mass is 9.93. The molecule has 1 atom stereocenters. The Balaban J connectivity index is 0.00000264. The lowest BCUT2D eigenvalue weighted by molar-refractivity contribution is -0.386. The molecule has 1 aliphatic heterocycles. The molecule has 138 valence electrons. The van der Waals surface area contributed by atoms with E-state index in [1.165, 1.54) is 0 Å². The molecule has 2 N–H and O–H groups in total. The van der Waals surface area contributed by atoms with Gasteiger partial charge in [0.1, 0.15) is 0 Å². The van der Waals surface area contributed by atoms with Crippen molar-refractivity contribution in [3.8, 4) is 5.75 Å². The van der Waals surface area contributed by atoms with Crippen LogP contribution in [0.25, 0.3) is 0 Å². The molecule has 24 heavy (non-hydrogen) atoms. The van der Waals surface area contributed by atoms with Gasteiger partial charge in [-0.2, -0.15) is 0 Å². The maximum atomic E-state index is 11.2. The van der Waals surface area contributed by atoms with Gasteiger partial charge in [0, 0.05) is 43.3 Å². The quantitative estimate of drug-likeness (QED) is 0.604. The monoisotopic (exact) mass is 379 g/mol. The van der Waals surface area contributed by atoms with E-state index in [0.29, 0.717) is 17.0 Å². The topological polar surface area (TPSA) is 78.6 Å². The van der Waals surface area contributed by atoms with Crippen LogP contribution in [-0.4, -0.2) is 41.1 Å². The normalized spacial score (nSPS) is 16.2. The molecule has 1 fully saturated rings. The van der Waals surface area contributed by atoms with Gasteiger partial charge in [0.2, 0.25) is 0 Å². The third-order valence-corrected chi connectivity index (χ3v) is 4.21. The van der Waals surface area contributed by atoms with Crippen molar-refractivity contribution in [3.05, 3.63) is 33.4 Å². The van der Waals surface area contributed by atoms with Crippen LogP contribution in [0, 0.1) is 23.0 Å². The van der Waals surface area contributed by atoms with Crippen molar-refractivity contribution in [1.29, 1.82) is 0 Å². The number of benzene rings is 1. The third kappa shape index (κ3) is 5.21. The fourth-order valence-corrected chi connectivity index (χ4v) is 3.11. The van der Waals surface area contributed by atoms with Crippen LogP contribution in [0.2, 0.25) is 0 Å². The number of aromatic hydroxyl groups is 1. The van der Waals surface area contributed by atoms with E-state index in [4.69, 9.17) is 0 Å². The number of nitrogens with one attached hydrogen (secondary N) is 1. The van der Waals surface area contributed by atoms with Crippen LogP contribution < -0.4 is 5.32 Å². The predicted molar refractivity (Wildman–Crippen MR) is 101 cm³/mol. The zero-order valence-corrected chi connectivity index (χ0v) is 16.0. The molecule has 0 saturated carbocycles. The van der Waals surface area contributed by atoms with Crippen molar-refractivity contribution < 1.29 is 10.0 Å². The van der Waals surface area contributed by atoms with Gasteiger partial charge in [-0.15, -0.1) is 24.8 Å². The van der Waals surface area contributed by atoms with Gasteiger partial charge in [-0.1, -0.05) is 26.0 Å². The summed E-state index contributed by atoms with van der Waals surface area (Å²) in [7, 11) is 0. The first-order valence-corrected chi connectivity index (χ1v) is 7.83. The van der Waals surface area contributed by atoms with E-state index >= 15 is 0 Å². The highest BCUT2D eigenvalue weighted by atomic mass is 35.5. The van der Waals surface area contributed by atoms with E-state index < -0.39 is 4.92 Å². The Morgan fingerprint density at radius 2 is 1.88 bits per heavy atom. The Hall–Kier alpha value is -1.08. The molecule has 1 saturated heterocycles. The minimum atomic E-state index is -0.488. The summed E-state index contributed by atoms with van der Waals surface area (Å²) < 4.78 is 0. The molecule has 1 aromatic carbocycles. The highest BCUT2D eigenvalue weighted by Gasteiger charge is 2.29. The second-order valence-corrected chi connectivity index (χ2v) is 6.36. The smallest absolute Gasteiger partial charge is 0.313 e. The number of rotatable bonds is 5. The van der Waals surface area contributed by atoms with Crippen molar-refractivity contribution in [2.75, 3.05) is 26.2 Å². The van der Waals surface area contributed by atoms with Gasteiger partial charge >= 0.3 is 5.69 Å². The van der Waals surface area contributed by atoms with Crippen LogP contribution in [0.4, 0.5) is 5.69 Å². The molecule has 0 bridgehead atoms. The van der Waals surface area contributed by atoms with E-state index in [2.05, 4.69) is 24.1 Å². The van der Waals surface area contributed by atoms with Crippen molar-refractivity contribution in [2.45, 2.75) is 33.2 Å². The van der Waals surface area contributed by atoms with E-state index in [-0.39, 0.29) is 42.3 Å². The molecular formula is C16H27Cl2N3O3. The second kappa shape index (κ2) is 10.0. The summed E-state index contributed by atoms with van der Waals surface area (Å²) in [6.45, 7) is 9.51. The maximum absolute atomic E-state index is 11.2. The minimum absolute atomic E-state index is 0. The van der Waals surface area contributed by atoms with Gasteiger partial charge in [-0.05, 0) is 19.3 Å². The van der Waals surface area contributed by atoms with Gasteiger partial charge in [0.25, 0.3) is 0 Å². The molecule has 1 aliphatic rings. The lowest BCUT2D eigenvalue weighted by Gasteiger charge is -2.36. The number of piperazine rings is 1. The van der Waals surface area contributed by atoms with Crippen LogP contribution in [0.15, 0.2) is 12.1 Å². The van der Waals surface area contributed by atoms with E-state index in [0.717, 1.165) is 32.6 Å². The summed E-state index contributed by atoms with van der Waals surface area (Å²) in [4.78, 5) is 13.1. The Morgan fingerprint density at radius 3 is 2.38 bits per heavy atom. The first-order valence-electron chi connectivity index (χ1n) is 7.83. The van der Waals surface area contributed by atoms with Crippen LogP contribution >= 0.6 is 24.8 Å². The fourth-order valence-electron chi connectivity index (χ4n) is 3.11. The molecular weight excluding hydrogens is 353 g/mol. The number of phenolic OH excluding ortho intramolecular Hbond substituents is 1. The Kier molecular flexibility index (Phi) is 9.58. The molecule has 0 spiro atoms. The first-order chi connectivity index (χ1) is 10.4. The van der Waals surface area contributed by atoms with Crippen LogP contribution in [0.3, 0.4) is 0 Å². The average Bonchev–Trinajstić information content (AvgIpc) is 2.46. The number of aryl methyl sites for hydroxylation is 1. The molecule has 6 nitrogen and oxygen atoms in total. The number of halogens is 2. The number of phenols is 1. The largest absolute Gasteiger partial charge is 0.502 e. The molecule has 0 aliphatic carbocycles. The molecule has 1 aromatic rings. The van der Waals surface area contributed by atoms with E-state index in [1.54, 1.807) is 13.0 Å². The number of nitro groups is 1. The minimum Gasteiger partial charge on any atom is -0.502 e. The van der Waals surface area contributed by atoms with Crippen molar-refractivity contribution in [2.24, 2.45) is 5.92 Å². The highest BCUT2D eigenvalue weighted by molar-refractivity contribution is 5.85. The summed E-state index contributed by atoms with van der Waals surface area (Å²) in [5, 5.41) is 25.0. The molecule has 0 unspecified atom stereocenters. The third-order valence-electron chi connectivity index (χ3n) is 4.21. The van der Waals surface area contributed by atoms with Gasteiger partial charge in [-0.3, -0.25) is 15.0 Å². The van der Waals surface area contributed by atoms with Crippen molar-refractivity contribution in [3.63, 3.8) is 0 Å². The zero-order valence-electron chi connectivity index (χ0n) is 14.3. The average molecular weight is 380 g/mol. The van der Waals surface area contributed by atoms with Crippen molar-refractivity contribution in [1.82, 2.24) is 10.2 Å². The second-order valence-electron chi connectivity index (χ2n) is 6.36. The molecule has 0 amide bonds. The zero-order chi connectivity index (χ0) is 16.3. The molecule has 0 aromatic heterocycles. The molecule has 8 heteroatoms. The summed E-state index contributed by atoms with van der Waals surface area (Å²) in [6.07, 6.45) is 0.869. The first kappa shape index (κ1) is 22.9. The van der Waals surface area contributed by atoms with Crippen LogP contribution in [0.5, 0.6) is 5.75 Å². The molecule has 0 radical (unpaired) electrons. The van der Waals surface area contributed by atoms with Gasteiger partial charge in [0.15, 0.2) is 5.75 Å². The lowest BCUT2D eigenvalue weighted by Crippen LogP contribution is -2.45. The summed E-state index contributed by atoms with van der Waals surface area (Å²) in [5.74, 6) is 0.272. The predicted octanol–water partition coefficient (Wildman–Crippen LogP) is 3.44. The van der Waals surface area contributed by atoms with E-state index in [1.807, 2.05) is 6.07 Å². The Bertz CT molecular complexity index is 550. The standard InChI is InChI=1S/C16H25N3O3.2ClH/c1-11(2)10-14(18-8-6-17-7-9-18)13-5-4-12(3)15(16(13)20)19(21)22;;/h4-5,11,14,17,20H,6-10H2,1-3H3;2*1H/t14-;;/m0../s1. The van der Waals surface area contributed by atoms with Gasteiger partial charge in [-0.25, -0.2) is 0 Å². The Morgan fingerprint density at radius 1 is 1.29 bits per heavy atom. The number of nitrogens with zero attached hydrogens (tertiary/aromatic N) is 2. The number of hydrogen-bond donors (Lipinski definition) is 2. The van der Waals surface area contributed by atoms with Crippen molar-refractivity contribution >= 4 is 30.5 Å². The van der Waals surface area contributed by atoms with E-state index in [9.17, 15) is 15.2 Å². The highest BCUT2D eigenvalue weighted by Crippen LogP contribution is 2.40. The van der Waals surface area contributed by atoms with Crippen LogP contribution in [-0.2, 0) is 0 Å². The maximum Gasteiger partial charge on any atom is 0.313 e. The summed E-state index contributed by atoms with van der Waals surface area (Å²) in [5.41, 5.74) is 1.00. The molecule has 1 heterocycles. The van der Waals surface area contributed by atoms with Gasteiger partial charge < -0.3 is 10.4 Å². The summed E-state index contributed by atoms with van der Waals surface area (Å²) >= 11 is 0. The SMILES string of the molecule is Cc1ccc([C@H](CC(C)C)N2CCNCC2)c(O)c1[N+](=O)[O-].Cl.Cl. The van der Waals surface area contributed by atoms with Gasteiger partial charge in [0.05, 0.1) is 4.92 Å². The van der Waals surface area contributed by atoms with Crippen LogP contribution in [0.1, 0.15) is 37.4 Å². The Labute approximate surface area is 155 Å². The fraction of sp³-hybridized carbons (Fsp3) is 0.625. The number of hydrogen-bond acceptors (Lipinski definition) is 5.